The van der Waals surface area contributed by atoms with Crippen molar-refractivity contribution in [2.75, 3.05) is 34.4 Å². The number of hydrogen-bond donors (Lipinski definition) is 0. The molecule has 2 unspecified atom stereocenters. The number of sulfone groups is 1. The van der Waals surface area contributed by atoms with Crippen LogP contribution in [-0.4, -0.2) is 55.4 Å². The van der Waals surface area contributed by atoms with Gasteiger partial charge in [-0.3, -0.25) is 4.79 Å². The normalized spacial score (nSPS) is 23.9. The zero-order chi connectivity index (χ0) is 22.1. The minimum atomic E-state index is -3.08. The van der Waals surface area contributed by atoms with Crippen LogP contribution in [0, 0.1) is 12.8 Å². The summed E-state index contributed by atoms with van der Waals surface area (Å²) < 4.78 is 24.6. The van der Waals surface area contributed by atoms with Gasteiger partial charge in [0.25, 0.3) is 5.91 Å². The molecular weight excluding hydrogens is 418 g/mol. The number of nitrogens with zero attached hydrogens (tertiary/aromatic N) is 3. The number of fused-ring (bicyclic) bond motifs is 1. The molecule has 6 nitrogen and oxygen atoms in total. The quantitative estimate of drug-likeness (QED) is 0.627. The van der Waals surface area contributed by atoms with Crippen molar-refractivity contribution in [2.24, 2.45) is 10.9 Å². The van der Waals surface area contributed by atoms with Crippen LogP contribution in [0.3, 0.4) is 0 Å². The van der Waals surface area contributed by atoms with Crippen LogP contribution in [0.1, 0.15) is 46.1 Å². The van der Waals surface area contributed by atoms with Crippen molar-refractivity contribution in [3.05, 3.63) is 23.8 Å². The summed E-state index contributed by atoms with van der Waals surface area (Å²) in [6.45, 7) is 12.2. The Labute approximate surface area is 185 Å². The molecule has 0 N–H and O–H groups in total. The molecule has 2 aliphatic heterocycles. The lowest BCUT2D eigenvalue weighted by Gasteiger charge is -2.28. The predicted octanol–water partition coefficient (Wildman–Crippen LogP) is 3.88. The van der Waals surface area contributed by atoms with E-state index in [-0.39, 0.29) is 34.6 Å². The van der Waals surface area contributed by atoms with Crippen LogP contribution in [0.2, 0.25) is 0 Å². The Kier molecular flexibility index (Phi) is 7.17. The second-order valence-corrected chi connectivity index (χ2v) is 11.4. The van der Waals surface area contributed by atoms with Crippen LogP contribution in [0.4, 0.5) is 11.4 Å². The number of amides is 1. The predicted molar refractivity (Wildman–Crippen MR) is 128 cm³/mol. The van der Waals surface area contributed by atoms with Crippen LogP contribution in [0.25, 0.3) is 0 Å². The van der Waals surface area contributed by atoms with E-state index in [1.807, 2.05) is 31.7 Å². The van der Waals surface area contributed by atoms with E-state index in [0.29, 0.717) is 5.17 Å². The Hall–Kier alpha value is -1.54. The van der Waals surface area contributed by atoms with Crippen molar-refractivity contribution in [3.63, 3.8) is 0 Å². The van der Waals surface area contributed by atoms with E-state index in [1.54, 1.807) is 0 Å². The van der Waals surface area contributed by atoms with E-state index < -0.39 is 9.84 Å². The van der Waals surface area contributed by atoms with Crippen molar-refractivity contribution in [1.29, 1.82) is 0 Å². The molecule has 8 heteroatoms. The summed E-state index contributed by atoms with van der Waals surface area (Å²) >= 11 is 1.45. The van der Waals surface area contributed by atoms with Crippen LogP contribution >= 0.6 is 11.8 Å². The van der Waals surface area contributed by atoms with E-state index in [4.69, 9.17) is 0 Å². The number of benzene rings is 1. The molecule has 0 radical (unpaired) electrons. The first kappa shape index (κ1) is 23.1. The average molecular weight is 452 g/mol. The van der Waals surface area contributed by atoms with Gasteiger partial charge in [-0.25, -0.2) is 8.42 Å². The number of rotatable bonds is 7. The molecule has 166 valence electrons. The van der Waals surface area contributed by atoms with Crippen LogP contribution in [0.15, 0.2) is 23.2 Å². The van der Waals surface area contributed by atoms with Crippen molar-refractivity contribution < 1.29 is 13.2 Å². The third-order valence-corrected chi connectivity index (χ3v) is 9.39. The van der Waals surface area contributed by atoms with Gasteiger partial charge in [0.15, 0.2) is 15.0 Å². The number of thioether (sulfide) groups is 1. The number of anilines is 2. The van der Waals surface area contributed by atoms with Crippen LogP contribution < -0.4 is 9.80 Å². The summed E-state index contributed by atoms with van der Waals surface area (Å²) in [5.74, 6) is 0.0660. The number of hydrogen-bond acceptors (Lipinski definition) is 5. The second kappa shape index (κ2) is 9.30. The van der Waals surface area contributed by atoms with Crippen molar-refractivity contribution in [3.8, 4) is 0 Å². The van der Waals surface area contributed by atoms with Crippen molar-refractivity contribution in [1.82, 2.24) is 0 Å². The molecule has 2 heterocycles. The third-order valence-electron chi connectivity index (χ3n) is 6.18. The zero-order valence-corrected chi connectivity index (χ0v) is 20.2. The van der Waals surface area contributed by atoms with Gasteiger partial charge in [0.2, 0.25) is 0 Å². The highest BCUT2D eigenvalue weighted by atomic mass is 32.2. The maximum absolute atomic E-state index is 12.7. The monoisotopic (exact) mass is 451 g/mol. The molecule has 3 rings (SSSR count). The maximum atomic E-state index is 12.7. The van der Waals surface area contributed by atoms with Gasteiger partial charge in [0.1, 0.15) is 0 Å². The highest BCUT2D eigenvalue weighted by molar-refractivity contribution is 8.16. The molecule has 0 aliphatic carbocycles. The third kappa shape index (κ3) is 4.54. The van der Waals surface area contributed by atoms with Crippen LogP contribution in [0.5, 0.6) is 0 Å². The molecule has 2 saturated heterocycles. The lowest BCUT2D eigenvalue weighted by molar-refractivity contribution is -0.121. The van der Waals surface area contributed by atoms with Gasteiger partial charge >= 0.3 is 0 Å². The molecule has 1 aromatic carbocycles. The van der Waals surface area contributed by atoms with E-state index in [2.05, 4.69) is 35.9 Å². The summed E-state index contributed by atoms with van der Waals surface area (Å²) in [4.78, 5) is 21.5. The smallest absolute Gasteiger partial charge is 0.251 e. The summed E-state index contributed by atoms with van der Waals surface area (Å²) in [5.41, 5.74) is 3.15. The Bertz CT molecular complexity index is 922. The van der Waals surface area contributed by atoms with Gasteiger partial charge in [0, 0.05) is 35.6 Å². The summed E-state index contributed by atoms with van der Waals surface area (Å²) in [7, 11) is -3.08. The second-order valence-electron chi connectivity index (χ2n) is 8.06. The minimum absolute atomic E-state index is 0.0786. The Balaban J connectivity index is 2.01. The van der Waals surface area contributed by atoms with E-state index in [9.17, 15) is 13.2 Å². The lowest BCUT2D eigenvalue weighted by atomic mass is 10.0. The van der Waals surface area contributed by atoms with Gasteiger partial charge in [-0.1, -0.05) is 25.6 Å². The maximum Gasteiger partial charge on any atom is 0.251 e. The van der Waals surface area contributed by atoms with Gasteiger partial charge < -0.3 is 9.80 Å². The van der Waals surface area contributed by atoms with Gasteiger partial charge in [-0.2, -0.15) is 4.99 Å². The standard InChI is InChI=1S/C22H33N3O3S2/c1-6-16(7-2)21(26)23-22-25(19-13-30(27,28)14-20(19)29-22)18-11-10-17(12-15(18)5)24(8-3)9-4/h10-12,16,19-20H,6-9,13-14H2,1-5H3. The molecule has 30 heavy (non-hydrogen) atoms. The SMILES string of the molecule is CCC(CC)C(=O)N=C1SC2CS(=O)(=O)CC2N1c1ccc(N(CC)CC)cc1C. The minimum Gasteiger partial charge on any atom is -0.372 e. The molecular formula is C22H33N3O3S2. The fraction of sp³-hybridized carbons (Fsp3) is 0.636. The van der Waals surface area contributed by atoms with E-state index in [0.717, 1.165) is 42.9 Å². The summed E-state index contributed by atoms with van der Waals surface area (Å²) in [6.07, 6.45) is 1.52. The molecule has 1 amide bonds. The molecule has 2 fully saturated rings. The number of carbonyl (C=O) groups is 1. The van der Waals surface area contributed by atoms with E-state index in [1.165, 1.54) is 11.8 Å². The Morgan fingerprint density at radius 3 is 2.43 bits per heavy atom. The Morgan fingerprint density at radius 2 is 1.87 bits per heavy atom. The first-order valence-corrected chi connectivity index (χ1v) is 13.6. The highest BCUT2D eigenvalue weighted by Gasteiger charge is 2.49. The number of amidine groups is 1. The van der Waals surface area contributed by atoms with Crippen LogP contribution in [-0.2, 0) is 14.6 Å². The summed E-state index contributed by atoms with van der Waals surface area (Å²) in [6, 6.07) is 6.10. The number of aliphatic imine (C=N–C) groups is 1. The van der Waals surface area contributed by atoms with Crippen molar-refractivity contribution >= 4 is 44.0 Å². The average Bonchev–Trinajstić information content (AvgIpc) is 3.15. The molecule has 1 aromatic rings. The fourth-order valence-corrected chi connectivity index (χ4v) is 8.28. The van der Waals surface area contributed by atoms with Crippen molar-refractivity contribution in [2.45, 2.75) is 58.8 Å². The number of carbonyl (C=O) groups excluding carboxylic acids is 1. The Morgan fingerprint density at radius 1 is 1.20 bits per heavy atom. The lowest BCUT2D eigenvalue weighted by Crippen LogP contribution is -2.38. The molecule has 2 atom stereocenters. The molecule has 0 saturated carbocycles. The highest BCUT2D eigenvalue weighted by Crippen LogP contribution is 2.42. The molecule has 2 aliphatic rings. The van der Waals surface area contributed by atoms with Gasteiger partial charge in [-0.15, -0.1) is 0 Å². The largest absolute Gasteiger partial charge is 0.372 e. The van der Waals surface area contributed by atoms with Gasteiger partial charge in [0.05, 0.1) is 17.5 Å². The molecule has 0 bridgehead atoms. The first-order valence-electron chi connectivity index (χ1n) is 10.9. The van der Waals surface area contributed by atoms with Gasteiger partial charge in [-0.05, 0) is 57.4 Å². The topological polar surface area (TPSA) is 70.0 Å². The fourth-order valence-electron chi connectivity index (χ4n) is 4.37. The zero-order valence-electron chi connectivity index (χ0n) is 18.6. The molecule has 0 spiro atoms. The van der Waals surface area contributed by atoms with E-state index >= 15 is 0 Å². The first-order chi connectivity index (χ1) is 14.2. The summed E-state index contributed by atoms with van der Waals surface area (Å²) in [5, 5.41) is 0.570. The molecule has 0 aromatic heterocycles. The number of aryl methyl sites for hydroxylation is 1.